The summed E-state index contributed by atoms with van der Waals surface area (Å²) in [6.07, 6.45) is -4.73. The van der Waals surface area contributed by atoms with Crippen LogP contribution in [-0.2, 0) is 6.18 Å². The van der Waals surface area contributed by atoms with Crippen LogP contribution < -0.4 is 4.90 Å². The van der Waals surface area contributed by atoms with Gasteiger partial charge in [-0.05, 0) is 36.4 Å². The van der Waals surface area contributed by atoms with E-state index in [1.165, 1.54) is 12.1 Å². The summed E-state index contributed by atoms with van der Waals surface area (Å²) in [6, 6.07) is 15.5. The molecule has 0 radical (unpaired) electrons. The Bertz CT molecular complexity index is 1130. The van der Waals surface area contributed by atoms with Gasteiger partial charge in [-0.3, -0.25) is 4.79 Å². The maximum absolute atomic E-state index is 12.9. The van der Waals surface area contributed by atoms with E-state index in [-0.39, 0.29) is 17.3 Å². The molecule has 2 aromatic carbocycles. The normalized spacial score (nSPS) is 14.4. The van der Waals surface area contributed by atoms with Crippen LogP contribution in [0, 0.1) is 11.3 Å². The number of alkyl halides is 3. The number of carbonyl (C=O) groups is 1. The lowest BCUT2D eigenvalue weighted by Crippen LogP contribution is -2.48. The van der Waals surface area contributed by atoms with Gasteiger partial charge in [0.05, 0.1) is 11.6 Å². The first-order valence-corrected chi connectivity index (χ1v) is 9.41. The van der Waals surface area contributed by atoms with Gasteiger partial charge in [-0.25, -0.2) is 0 Å². The Morgan fingerprint density at radius 2 is 1.77 bits per heavy atom. The van der Waals surface area contributed by atoms with Crippen LogP contribution in [0.15, 0.2) is 53.1 Å². The molecule has 1 amide bonds. The molecular formula is C21H16F3N5O2. The molecule has 1 aromatic heterocycles. The summed E-state index contributed by atoms with van der Waals surface area (Å²) in [6.45, 7) is 2.22. The fourth-order valence-corrected chi connectivity index (χ4v) is 3.34. The molecule has 0 unspecified atom stereocenters. The molecule has 4 rings (SSSR count). The summed E-state index contributed by atoms with van der Waals surface area (Å²) in [5.41, 5.74) is 2.16. The first kappa shape index (κ1) is 20.4. The van der Waals surface area contributed by atoms with Crippen molar-refractivity contribution >= 4 is 11.6 Å². The SMILES string of the molecule is N#Cc1ccc(N2CCN(C(=O)c3cccc(-c4noc(C(F)(F)F)n4)c3)CC2)cc1. The lowest BCUT2D eigenvalue weighted by molar-refractivity contribution is -0.159. The van der Waals surface area contributed by atoms with Crippen LogP contribution in [-0.4, -0.2) is 47.1 Å². The minimum Gasteiger partial charge on any atom is -0.368 e. The Kier molecular flexibility index (Phi) is 5.33. The molecule has 7 nitrogen and oxygen atoms in total. The van der Waals surface area contributed by atoms with Crippen molar-refractivity contribution in [2.45, 2.75) is 6.18 Å². The molecular weight excluding hydrogens is 411 g/mol. The van der Waals surface area contributed by atoms with Crippen LogP contribution >= 0.6 is 0 Å². The maximum atomic E-state index is 12.9. The van der Waals surface area contributed by atoms with Crippen molar-refractivity contribution in [3.8, 4) is 17.5 Å². The van der Waals surface area contributed by atoms with Gasteiger partial charge in [-0.2, -0.15) is 23.4 Å². The molecule has 1 fully saturated rings. The molecule has 0 saturated carbocycles. The quantitative estimate of drug-likeness (QED) is 0.635. The van der Waals surface area contributed by atoms with Crippen molar-refractivity contribution in [3.05, 3.63) is 65.5 Å². The van der Waals surface area contributed by atoms with Crippen LogP contribution in [0.1, 0.15) is 21.8 Å². The van der Waals surface area contributed by atoms with E-state index in [2.05, 4.69) is 25.6 Å². The van der Waals surface area contributed by atoms with E-state index in [1.807, 2.05) is 12.1 Å². The fraction of sp³-hybridized carbons (Fsp3) is 0.238. The number of amides is 1. The van der Waals surface area contributed by atoms with Gasteiger partial charge < -0.3 is 14.3 Å². The van der Waals surface area contributed by atoms with Gasteiger partial charge in [-0.1, -0.05) is 17.3 Å². The molecule has 0 atom stereocenters. The first-order valence-electron chi connectivity index (χ1n) is 9.41. The number of hydrogen-bond acceptors (Lipinski definition) is 6. The van der Waals surface area contributed by atoms with Gasteiger partial charge in [0.1, 0.15) is 0 Å². The molecule has 0 bridgehead atoms. The number of halogens is 3. The molecule has 31 heavy (non-hydrogen) atoms. The largest absolute Gasteiger partial charge is 0.471 e. The second kappa shape index (κ2) is 8.10. The first-order chi connectivity index (χ1) is 14.8. The predicted molar refractivity (Wildman–Crippen MR) is 104 cm³/mol. The highest BCUT2D eigenvalue weighted by Gasteiger charge is 2.38. The molecule has 0 aliphatic carbocycles. The zero-order valence-corrected chi connectivity index (χ0v) is 16.1. The number of carbonyl (C=O) groups excluding carboxylic acids is 1. The lowest BCUT2D eigenvalue weighted by Gasteiger charge is -2.36. The van der Waals surface area contributed by atoms with E-state index in [0.717, 1.165) is 5.69 Å². The van der Waals surface area contributed by atoms with Crippen LogP contribution in [0.2, 0.25) is 0 Å². The van der Waals surface area contributed by atoms with E-state index in [9.17, 15) is 18.0 Å². The van der Waals surface area contributed by atoms with Gasteiger partial charge in [0.15, 0.2) is 0 Å². The Morgan fingerprint density at radius 1 is 1.06 bits per heavy atom. The van der Waals surface area contributed by atoms with Crippen LogP contribution in [0.4, 0.5) is 18.9 Å². The van der Waals surface area contributed by atoms with E-state index >= 15 is 0 Å². The van der Waals surface area contributed by atoms with E-state index in [4.69, 9.17) is 5.26 Å². The minimum absolute atomic E-state index is 0.221. The van der Waals surface area contributed by atoms with Crippen LogP contribution in [0.25, 0.3) is 11.4 Å². The summed E-state index contributed by atoms with van der Waals surface area (Å²) in [5.74, 6) is -1.88. The number of aromatic nitrogens is 2. The van der Waals surface area contributed by atoms with Gasteiger partial charge in [-0.15, -0.1) is 0 Å². The lowest BCUT2D eigenvalue weighted by atomic mass is 10.1. The number of piperazine rings is 1. The summed E-state index contributed by atoms with van der Waals surface area (Å²) in [7, 11) is 0. The van der Waals surface area contributed by atoms with Crippen LogP contribution in [0.5, 0.6) is 0 Å². The molecule has 0 spiro atoms. The van der Waals surface area contributed by atoms with Crippen molar-refractivity contribution in [1.29, 1.82) is 5.26 Å². The third-order valence-corrected chi connectivity index (χ3v) is 4.96. The minimum atomic E-state index is -4.73. The monoisotopic (exact) mass is 427 g/mol. The predicted octanol–water partition coefficient (Wildman–Crippen LogP) is 3.59. The second-order valence-electron chi connectivity index (χ2n) is 6.94. The van der Waals surface area contributed by atoms with Crippen molar-refractivity contribution < 1.29 is 22.5 Å². The zero-order valence-electron chi connectivity index (χ0n) is 16.1. The Balaban J connectivity index is 1.44. The van der Waals surface area contributed by atoms with E-state index in [0.29, 0.717) is 37.3 Å². The van der Waals surface area contributed by atoms with Crippen LogP contribution in [0.3, 0.4) is 0 Å². The third-order valence-electron chi connectivity index (χ3n) is 4.96. The molecule has 1 aliphatic rings. The zero-order chi connectivity index (χ0) is 22.0. The highest BCUT2D eigenvalue weighted by Crippen LogP contribution is 2.29. The van der Waals surface area contributed by atoms with Crippen molar-refractivity contribution in [2.75, 3.05) is 31.1 Å². The number of nitrogens with zero attached hydrogens (tertiary/aromatic N) is 5. The molecule has 1 aliphatic heterocycles. The van der Waals surface area contributed by atoms with Gasteiger partial charge >= 0.3 is 12.1 Å². The summed E-state index contributed by atoms with van der Waals surface area (Å²) >= 11 is 0. The molecule has 3 aromatic rings. The Morgan fingerprint density at radius 3 is 2.39 bits per heavy atom. The van der Waals surface area contributed by atoms with Gasteiger partial charge in [0, 0.05) is 43.0 Å². The third kappa shape index (κ3) is 4.35. The number of hydrogen-bond donors (Lipinski definition) is 0. The van der Waals surface area contributed by atoms with Gasteiger partial charge in [0.2, 0.25) is 5.82 Å². The highest BCUT2D eigenvalue weighted by atomic mass is 19.4. The molecule has 1 saturated heterocycles. The number of benzene rings is 2. The number of nitriles is 1. The standard InChI is InChI=1S/C21H16F3N5O2/c22-21(23,24)20-26-18(27-31-20)15-2-1-3-16(12-15)19(30)29-10-8-28(9-11-29)17-6-4-14(13-25)5-7-17/h1-7,12H,8-11H2. The van der Waals surface area contributed by atoms with Crippen molar-refractivity contribution in [1.82, 2.24) is 15.0 Å². The average molecular weight is 427 g/mol. The van der Waals surface area contributed by atoms with Crippen molar-refractivity contribution in [2.24, 2.45) is 0 Å². The molecule has 10 heteroatoms. The molecule has 158 valence electrons. The summed E-state index contributed by atoms with van der Waals surface area (Å²) < 4.78 is 42.3. The fourth-order valence-electron chi connectivity index (χ4n) is 3.34. The molecule has 2 heterocycles. The number of anilines is 1. The smallest absolute Gasteiger partial charge is 0.368 e. The molecule has 0 N–H and O–H groups in total. The van der Waals surface area contributed by atoms with E-state index < -0.39 is 12.1 Å². The number of rotatable bonds is 3. The second-order valence-corrected chi connectivity index (χ2v) is 6.94. The highest BCUT2D eigenvalue weighted by molar-refractivity contribution is 5.95. The van der Waals surface area contributed by atoms with Gasteiger partial charge in [0.25, 0.3) is 5.91 Å². The topological polar surface area (TPSA) is 86.3 Å². The summed E-state index contributed by atoms with van der Waals surface area (Å²) in [5, 5.41) is 12.3. The Labute approximate surface area is 175 Å². The summed E-state index contributed by atoms with van der Waals surface area (Å²) in [4.78, 5) is 20.1. The average Bonchev–Trinajstić information content (AvgIpc) is 3.30. The van der Waals surface area contributed by atoms with E-state index in [1.54, 1.807) is 29.2 Å². The van der Waals surface area contributed by atoms with Crippen molar-refractivity contribution in [3.63, 3.8) is 0 Å². The maximum Gasteiger partial charge on any atom is 0.471 e. The Hall–Kier alpha value is -3.87.